The summed E-state index contributed by atoms with van der Waals surface area (Å²) >= 11 is 1.52. The smallest absolute Gasteiger partial charge is 0.180 e. The molecule has 0 saturated carbocycles. The Morgan fingerprint density at radius 2 is 1.96 bits per heavy atom. The van der Waals surface area contributed by atoms with Crippen LogP contribution >= 0.6 is 23.7 Å². The zero-order valence-corrected chi connectivity index (χ0v) is 15.3. The predicted octanol–water partition coefficient (Wildman–Crippen LogP) is 2.15. The summed E-state index contributed by atoms with van der Waals surface area (Å²) in [5, 5.41) is 0.603. The molecular weight excluding hydrogens is 354 g/mol. The highest BCUT2D eigenvalue weighted by atomic mass is 35.5. The van der Waals surface area contributed by atoms with Gasteiger partial charge in [0.25, 0.3) is 0 Å². The zero-order chi connectivity index (χ0) is 15.7. The monoisotopic (exact) mass is 373 g/mol. The van der Waals surface area contributed by atoms with Gasteiger partial charge in [0.1, 0.15) is 0 Å². The van der Waals surface area contributed by atoms with Crippen molar-refractivity contribution in [3.8, 4) is 0 Å². The van der Waals surface area contributed by atoms with Crippen LogP contribution < -0.4 is 5.73 Å². The number of rotatable bonds is 3. The lowest BCUT2D eigenvalue weighted by atomic mass is 10.0. The van der Waals surface area contributed by atoms with Crippen molar-refractivity contribution in [1.29, 1.82) is 0 Å². The highest BCUT2D eigenvalue weighted by molar-refractivity contribution is 7.90. The molecule has 0 atom stereocenters. The van der Waals surface area contributed by atoms with E-state index in [2.05, 4.69) is 9.88 Å². The number of halogens is 1. The van der Waals surface area contributed by atoms with E-state index < -0.39 is 9.84 Å². The van der Waals surface area contributed by atoms with Gasteiger partial charge in [0, 0.05) is 37.0 Å². The number of thiazole rings is 1. The van der Waals surface area contributed by atoms with E-state index in [-0.39, 0.29) is 12.4 Å². The van der Waals surface area contributed by atoms with Crippen LogP contribution in [-0.4, -0.2) is 37.6 Å². The van der Waals surface area contributed by atoms with E-state index in [4.69, 9.17) is 5.73 Å². The third-order valence-corrected chi connectivity index (χ3v) is 5.87. The van der Waals surface area contributed by atoms with Gasteiger partial charge in [-0.15, -0.1) is 23.7 Å². The van der Waals surface area contributed by atoms with Crippen LogP contribution in [0.1, 0.15) is 16.0 Å². The molecule has 0 amide bonds. The lowest BCUT2D eigenvalue weighted by Gasteiger charge is -2.18. The minimum absolute atomic E-state index is 0. The number of aromatic nitrogens is 1. The topological polar surface area (TPSA) is 76.3 Å². The number of nitrogens with two attached hydrogens (primary N) is 1. The maximum atomic E-state index is 11.7. The first-order valence-electron chi connectivity index (χ1n) is 7.16. The molecule has 2 N–H and O–H groups in total. The molecule has 1 aliphatic rings. The van der Waals surface area contributed by atoms with Crippen molar-refractivity contribution in [2.45, 2.75) is 24.3 Å². The first-order valence-corrected chi connectivity index (χ1v) is 9.87. The third kappa shape index (κ3) is 4.44. The summed E-state index contributed by atoms with van der Waals surface area (Å²) in [7, 11) is -3.14. The summed E-state index contributed by atoms with van der Waals surface area (Å²) in [4.78, 5) is 8.03. The second-order valence-electron chi connectivity index (χ2n) is 5.64. The molecule has 2 heterocycles. The number of hydrogen-bond acceptors (Lipinski definition) is 6. The number of nitrogens with zero attached hydrogens (tertiary/aromatic N) is 2. The fourth-order valence-electron chi connectivity index (χ4n) is 2.75. The molecule has 126 valence electrons. The van der Waals surface area contributed by atoms with Gasteiger partial charge >= 0.3 is 0 Å². The Hall–Kier alpha value is -1.15. The molecule has 0 radical (unpaired) electrons. The molecule has 23 heavy (non-hydrogen) atoms. The molecule has 0 saturated heterocycles. The van der Waals surface area contributed by atoms with Crippen molar-refractivity contribution in [3.05, 3.63) is 40.4 Å². The van der Waals surface area contributed by atoms with Crippen LogP contribution in [0.4, 0.5) is 5.13 Å². The summed E-state index contributed by atoms with van der Waals surface area (Å²) in [5.41, 5.74) is 8.07. The van der Waals surface area contributed by atoms with Crippen LogP contribution in [0, 0.1) is 0 Å². The molecule has 0 aliphatic carbocycles. The number of benzene rings is 1. The lowest BCUT2D eigenvalue weighted by Crippen LogP contribution is -2.25. The Balaban J connectivity index is 0.00000192. The molecular formula is C15H20ClN3O2S2. The maximum Gasteiger partial charge on any atom is 0.180 e. The first-order chi connectivity index (χ1) is 10.4. The fraction of sp³-hybridized carbons (Fsp3) is 0.400. The van der Waals surface area contributed by atoms with Crippen LogP contribution in [0.25, 0.3) is 0 Å². The Morgan fingerprint density at radius 1 is 1.26 bits per heavy atom. The number of hydrogen-bond donors (Lipinski definition) is 1. The zero-order valence-electron chi connectivity index (χ0n) is 12.9. The van der Waals surface area contributed by atoms with Gasteiger partial charge in [0.15, 0.2) is 15.0 Å². The van der Waals surface area contributed by atoms with Crippen molar-refractivity contribution in [2.24, 2.45) is 0 Å². The van der Waals surface area contributed by atoms with E-state index in [9.17, 15) is 8.42 Å². The quantitative estimate of drug-likeness (QED) is 0.892. The van der Waals surface area contributed by atoms with E-state index >= 15 is 0 Å². The van der Waals surface area contributed by atoms with Crippen LogP contribution in [0.15, 0.2) is 29.3 Å². The van der Waals surface area contributed by atoms with Crippen molar-refractivity contribution in [1.82, 2.24) is 9.88 Å². The minimum Gasteiger partial charge on any atom is -0.375 e. The predicted molar refractivity (Wildman–Crippen MR) is 96.0 cm³/mol. The van der Waals surface area contributed by atoms with E-state index in [0.29, 0.717) is 10.0 Å². The average molecular weight is 374 g/mol. The number of anilines is 1. The SMILES string of the molecule is CS(=O)(=O)c1ccc2c(c1)CCN(Cc1cnc(N)s1)CC2.Cl. The Labute approximate surface area is 146 Å². The third-order valence-electron chi connectivity index (χ3n) is 3.95. The molecule has 0 spiro atoms. The summed E-state index contributed by atoms with van der Waals surface area (Å²) in [5.74, 6) is 0. The molecule has 1 aromatic carbocycles. The Bertz CT molecular complexity index is 790. The largest absolute Gasteiger partial charge is 0.375 e. The van der Waals surface area contributed by atoms with E-state index in [1.54, 1.807) is 6.07 Å². The van der Waals surface area contributed by atoms with E-state index in [0.717, 1.165) is 38.0 Å². The summed E-state index contributed by atoms with van der Waals surface area (Å²) in [6, 6.07) is 5.51. The molecule has 0 unspecified atom stereocenters. The van der Waals surface area contributed by atoms with E-state index in [1.165, 1.54) is 28.0 Å². The highest BCUT2D eigenvalue weighted by Gasteiger charge is 2.17. The van der Waals surface area contributed by atoms with Crippen molar-refractivity contribution in [2.75, 3.05) is 25.1 Å². The van der Waals surface area contributed by atoms with Gasteiger partial charge in [-0.05, 0) is 36.1 Å². The normalized spacial score (nSPS) is 15.5. The van der Waals surface area contributed by atoms with Crippen LogP contribution in [-0.2, 0) is 29.2 Å². The number of sulfone groups is 1. The fourth-order valence-corrected chi connectivity index (χ4v) is 4.15. The molecule has 2 aromatic rings. The van der Waals surface area contributed by atoms with Crippen molar-refractivity contribution in [3.63, 3.8) is 0 Å². The molecule has 1 aliphatic heterocycles. The molecule has 5 nitrogen and oxygen atoms in total. The van der Waals surface area contributed by atoms with Crippen LogP contribution in [0.2, 0.25) is 0 Å². The molecule has 0 fully saturated rings. The maximum absolute atomic E-state index is 11.7. The molecule has 0 bridgehead atoms. The summed E-state index contributed by atoms with van der Waals surface area (Å²) < 4.78 is 23.4. The Morgan fingerprint density at radius 3 is 2.57 bits per heavy atom. The van der Waals surface area contributed by atoms with Gasteiger partial charge in [0.2, 0.25) is 0 Å². The lowest BCUT2D eigenvalue weighted by molar-refractivity contribution is 0.281. The summed E-state index contributed by atoms with van der Waals surface area (Å²) in [6.45, 7) is 2.73. The second-order valence-corrected chi connectivity index (χ2v) is 8.81. The van der Waals surface area contributed by atoms with Gasteiger partial charge in [-0.1, -0.05) is 6.07 Å². The number of nitrogen functional groups attached to an aromatic ring is 1. The molecule has 3 rings (SSSR count). The average Bonchev–Trinajstić information content (AvgIpc) is 2.75. The van der Waals surface area contributed by atoms with Gasteiger partial charge in [-0.25, -0.2) is 13.4 Å². The standard InChI is InChI=1S/C15H19N3O2S2.ClH/c1-22(19,20)14-3-2-11-4-6-18(7-5-12(11)8-14)10-13-9-17-15(16)21-13;/h2-3,8-9H,4-7,10H2,1H3,(H2,16,17);1H. The Kier molecular flexibility index (Phi) is 5.67. The van der Waals surface area contributed by atoms with Crippen LogP contribution in [0.3, 0.4) is 0 Å². The van der Waals surface area contributed by atoms with E-state index in [1.807, 2.05) is 18.3 Å². The molecule has 8 heteroatoms. The first kappa shape index (κ1) is 18.2. The van der Waals surface area contributed by atoms with Crippen molar-refractivity contribution < 1.29 is 8.42 Å². The van der Waals surface area contributed by atoms with Gasteiger partial charge in [-0.3, -0.25) is 4.90 Å². The van der Waals surface area contributed by atoms with Gasteiger partial charge < -0.3 is 5.73 Å². The van der Waals surface area contributed by atoms with Crippen LogP contribution in [0.5, 0.6) is 0 Å². The molecule has 1 aromatic heterocycles. The van der Waals surface area contributed by atoms with Gasteiger partial charge in [-0.2, -0.15) is 0 Å². The van der Waals surface area contributed by atoms with Gasteiger partial charge in [0.05, 0.1) is 4.90 Å². The number of fused-ring (bicyclic) bond motifs is 1. The minimum atomic E-state index is -3.14. The summed E-state index contributed by atoms with van der Waals surface area (Å²) in [6.07, 6.45) is 4.90. The van der Waals surface area contributed by atoms with Crippen molar-refractivity contribution >= 4 is 38.7 Å². The highest BCUT2D eigenvalue weighted by Crippen LogP contribution is 2.22. The second kappa shape index (κ2) is 7.17.